The maximum atomic E-state index is 14.3. The molecule has 2 aromatic heterocycles. The fourth-order valence-electron chi connectivity index (χ4n) is 2.34. The number of aryl methyl sites for hydroxylation is 1. The zero-order valence-electron chi connectivity index (χ0n) is 15.8. The van der Waals surface area contributed by atoms with Crippen LogP contribution in [0.15, 0.2) is 35.3 Å². The molecule has 3 aromatic rings. The molecule has 146 valence electrons. The van der Waals surface area contributed by atoms with Crippen LogP contribution in [0.2, 0.25) is 0 Å². The number of aromatic amines is 1. The van der Waals surface area contributed by atoms with Gasteiger partial charge < -0.3 is 14.5 Å². The quantitative estimate of drug-likeness (QED) is 0.707. The molecule has 0 radical (unpaired) electrons. The molecule has 0 spiro atoms. The third kappa shape index (κ3) is 4.43. The first-order valence-corrected chi connectivity index (χ1v) is 8.45. The summed E-state index contributed by atoms with van der Waals surface area (Å²) in [5.74, 6) is -0.271. The number of pyridine rings is 1. The van der Waals surface area contributed by atoms with E-state index in [1.54, 1.807) is 27.7 Å². The third-order valence-corrected chi connectivity index (χ3v) is 3.54. The summed E-state index contributed by atoms with van der Waals surface area (Å²) < 4.78 is 25.1. The molecule has 0 unspecified atom stereocenters. The fraction of sp³-hybridized carbons (Fsp3) is 0.263. The largest absolute Gasteiger partial charge is 0.455 e. The van der Waals surface area contributed by atoms with Crippen molar-refractivity contribution >= 4 is 22.9 Å². The minimum atomic E-state index is -0.765. The number of fused-ring (bicyclic) bond motifs is 1. The summed E-state index contributed by atoms with van der Waals surface area (Å²) in [6, 6.07) is 5.46. The molecule has 3 rings (SSSR count). The molecule has 28 heavy (non-hydrogen) atoms. The van der Waals surface area contributed by atoms with Gasteiger partial charge in [-0.15, -0.1) is 0 Å². The molecule has 0 bridgehead atoms. The second-order valence-corrected chi connectivity index (χ2v) is 7.03. The Balaban J connectivity index is 1.84. The molecule has 0 saturated heterocycles. The Kier molecular flexibility index (Phi) is 5.00. The van der Waals surface area contributed by atoms with Crippen LogP contribution in [0.5, 0.6) is 11.5 Å². The summed E-state index contributed by atoms with van der Waals surface area (Å²) in [6.07, 6.45) is 0.705. The van der Waals surface area contributed by atoms with E-state index in [9.17, 15) is 14.0 Å². The van der Waals surface area contributed by atoms with Gasteiger partial charge in [0.1, 0.15) is 22.6 Å². The average Bonchev–Trinajstić information content (AvgIpc) is 2.57. The summed E-state index contributed by atoms with van der Waals surface area (Å²) in [4.78, 5) is 34.4. The van der Waals surface area contributed by atoms with Gasteiger partial charge in [-0.25, -0.2) is 19.2 Å². The minimum absolute atomic E-state index is 0.0492. The number of carbonyl (C=O) groups excluding carboxylic acids is 1. The summed E-state index contributed by atoms with van der Waals surface area (Å²) in [5.41, 5.74) is -0.233. The smallest absolute Gasteiger partial charge is 0.412 e. The van der Waals surface area contributed by atoms with Crippen LogP contribution in [0.1, 0.15) is 26.5 Å². The topological polar surface area (TPSA) is 106 Å². The van der Waals surface area contributed by atoms with Crippen molar-refractivity contribution in [3.05, 3.63) is 52.3 Å². The molecule has 0 aliphatic rings. The number of H-pyrrole nitrogens is 1. The zero-order chi connectivity index (χ0) is 20.5. The monoisotopic (exact) mass is 386 g/mol. The molecule has 0 fully saturated rings. The molecule has 1 aromatic carbocycles. The first-order valence-electron chi connectivity index (χ1n) is 8.45. The number of aromatic nitrogens is 3. The lowest BCUT2D eigenvalue weighted by atomic mass is 10.2. The number of amides is 1. The lowest BCUT2D eigenvalue weighted by molar-refractivity contribution is 0.0635. The van der Waals surface area contributed by atoms with Crippen LogP contribution in [0, 0.1) is 12.7 Å². The van der Waals surface area contributed by atoms with Gasteiger partial charge in [0.05, 0.1) is 5.69 Å². The van der Waals surface area contributed by atoms with Crippen LogP contribution < -0.4 is 15.6 Å². The average molecular weight is 386 g/mol. The van der Waals surface area contributed by atoms with Crippen molar-refractivity contribution in [1.82, 2.24) is 15.0 Å². The highest BCUT2D eigenvalue weighted by Gasteiger charge is 2.18. The Morgan fingerprint density at radius 2 is 2.00 bits per heavy atom. The molecule has 0 saturated carbocycles. The summed E-state index contributed by atoms with van der Waals surface area (Å²) in [7, 11) is 0. The maximum Gasteiger partial charge on any atom is 0.412 e. The van der Waals surface area contributed by atoms with E-state index in [0.29, 0.717) is 11.2 Å². The molecule has 2 heterocycles. The predicted molar refractivity (Wildman–Crippen MR) is 101 cm³/mol. The third-order valence-electron chi connectivity index (χ3n) is 3.54. The number of ether oxygens (including phenoxy) is 2. The van der Waals surface area contributed by atoms with Gasteiger partial charge in [0.2, 0.25) is 0 Å². The van der Waals surface area contributed by atoms with Crippen molar-refractivity contribution in [3.63, 3.8) is 0 Å². The van der Waals surface area contributed by atoms with Crippen molar-refractivity contribution < 1.29 is 18.7 Å². The highest BCUT2D eigenvalue weighted by Crippen LogP contribution is 2.28. The molecule has 2 N–H and O–H groups in total. The van der Waals surface area contributed by atoms with E-state index >= 15 is 0 Å². The first kappa shape index (κ1) is 19.3. The summed E-state index contributed by atoms with van der Waals surface area (Å²) in [5, 5.41) is 2.34. The zero-order valence-corrected chi connectivity index (χ0v) is 15.8. The number of halogens is 1. The highest BCUT2D eigenvalue weighted by molar-refractivity contribution is 5.85. The Morgan fingerprint density at radius 3 is 2.68 bits per heavy atom. The van der Waals surface area contributed by atoms with Crippen LogP contribution >= 0.6 is 0 Å². The normalized spacial score (nSPS) is 11.3. The van der Waals surface area contributed by atoms with Crippen LogP contribution in [0.25, 0.3) is 11.2 Å². The van der Waals surface area contributed by atoms with Crippen LogP contribution in [0.3, 0.4) is 0 Å². The molecule has 0 aliphatic carbocycles. The van der Waals surface area contributed by atoms with Crippen LogP contribution in [-0.2, 0) is 4.74 Å². The van der Waals surface area contributed by atoms with E-state index in [-0.39, 0.29) is 28.4 Å². The number of rotatable bonds is 3. The van der Waals surface area contributed by atoms with E-state index < -0.39 is 17.5 Å². The van der Waals surface area contributed by atoms with Gasteiger partial charge in [-0.3, -0.25) is 10.1 Å². The van der Waals surface area contributed by atoms with Crippen molar-refractivity contribution in [3.8, 4) is 11.5 Å². The first-order chi connectivity index (χ1) is 13.1. The molecule has 0 aliphatic heterocycles. The van der Waals surface area contributed by atoms with Gasteiger partial charge in [-0.05, 0) is 39.8 Å². The van der Waals surface area contributed by atoms with Crippen LogP contribution in [0.4, 0.5) is 14.9 Å². The fourth-order valence-corrected chi connectivity index (χ4v) is 2.34. The van der Waals surface area contributed by atoms with E-state index in [0.717, 1.165) is 6.07 Å². The van der Waals surface area contributed by atoms with Crippen molar-refractivity contribution in [2.24, 2.45) is 0 Å². The maximum absolute atomic E-state index is 14.3. The Labute approximate surface area is 159 Å². The predicted octanol–water partition coefficient (Wildman–Crippen LogP) is 3.90. The van der Waals surface area contributed by atoms with E-state index in [1.807, 2.05) is 0 Å². The van der Waals surface area contributed by atoms with Gasteiger partial charge in [0, 0.05) is 18.3 Å². The summed E-state index contributed by atoms with van der Waals surface area (Å²) >= 11 is 0. The number of benzene rings is 1. The molecule has 1 amide bonds. The SMILES string of the molecule is Cc1nc2nccc(Oc3ccc(NC(=O)OC(C)(C)C)c(F)c3)c2[nH]c1=O. The van der Waals surface area contributed by atoms with E-state index in [2.05, 4.69) is 20.3 Å². The number of nitrogens with zero attached hydrogens (tertiary/aromatic N) is 2. The number of anilines is 1. The van der Waals surface area contributed by atoms with Gasteiger partial charge >= 0.3 is 6.09 Å². The Bertz CT molecular complexity index is 1110. The highest BCUT2D eigenvalue weighted by atomic mass is 19.1. The number of hydrogen-bond acceptors (Lipinski definition) is 6. The van der Waals surface area contributed by atoms with Crippen molar-refractivity contribution in [1.29, 1.82) is 0 Å². The molecular weight excluding hydrogens is 367 g/mol. The molecule has 0 atom stereocenters. The van der Waals surface area contributed by atoms with Gasteiger partial charge in [-0.1, -0.05) is 0 Å². The Hall–Kier alpha value is -3.49. The second kappa shape index (κ2) is 7.26. The van der Waals surface area contributed by atoms with E-state index in [1.165, 1.54) is 24.4 Å². The van der Waals surface area contributed by atoms with E-state index in [4.69, 9.17) is 9.47 Å². The lowest BCUT2D eigenvalue weighted by Gasteiger charge is -2.19. The molecule has 8 nitrogen and oxygen atoms in total. The standard InChI is InChI=1S/C19H19FN4O4/c1-10-17(25)24-15-14(7-8-21-16(15)22-10)27-11-5-6-13(12(20)9-11)23-18(26)28-19(2,3)4/h5-9H,1-4H3,(H,23,26)(H,24,25). The minimum Gasteiger partial charge on any atom is -0.455 e. The van der Waals surface area contributed by atoms with Crippen LogP contribution in [-0.4, -0.2) is 26.6 Å². The van der Waals surface area contributed by atoms with Crippen molar-refractivity contribution in [2.75, 3.05) is 5.32 Å². The number of nitrogens with one attached hydrogen (secondary N) is 2. The van der Waals surface area contributed by atoms with Gasteiger partial charge in [-0.2, -0.15) is 0 Å². The van der Waals surface area contributed by atoms with Crippen molar-refractivity contribution in [2.45, 2.75) is 33.3 Å². The van der Waals surface area contributed by atoms with Gasteiger partial charge in [0.15, 0.2) is 17.2 Å². The number of hydrogen-bond donors (Lipinski definition) is 2. The summed E-state index contributed by atoms with van der Waals surface area (Å²) in [6.45, 7) is 6.69. The Morgan fingerprint density at radius 1 is 1.25 bits per heavy atom. The molecular formula is C19H19FN4O4. The molecule has 9 heteroatoms. The van der Waals surface area contributed by atoms with Gasteiger partial charge in [0.25, 0.3) is 5.56 Å². The lowest BCUT2D eigenvalue weighted by Crippen LogP contribution is -2.27. The number of carbonyl (C=O) groups is 1. The second-order valence-electron chi connectivity index (χ2n) is 7.03.